The van der Waals surface area contributed by atoms with Crippen LogP contribution in [0.2, 0.25) is 0 Å². The van der Waals surface area contributed by atoms with Gasteiger partial charge in [0.1, 0.15) is 5.75 Å². The lowest BCUT2D eigenvalue weighted by molar-refractivity contribution is -0.141. The predicted octanol–water partition coefficient (Wildman–Crippen LogP) is 4.03. The number of fused-ring (bicyclic) bond motifs is 1. The van der Waals surface area contributed by atoms with Crippen molar-refractivity contribution in [1.29, 1.82) is 0 Å². The summed E-state index contributed by atoms with van der Waals surface area (Å²) >= 11 is 0. The lowest BCUT2D eigenvalue weighted by Crippen LogP contribution is -2.21. The first-order valence-corrected chi connectivity index (χ1v) is 8.05. The molecule has 0 aromatic heterocycles. The molecule has 0 radical (unpaired) electrons. The maximum absolute atomic E-state index is 12.1. The summed E-state index contributed by atoms with van der Waals surface area (Å²) in [6.07, 6.45) is 7.63. The number of hydrogen-bond acceptors (Lipinski definition) is 4. The number of para-hydroxylation sites is 1. The van der Waals surface area contributed by atoms with E-state index < -0.39 is 6.04 Å². The molecular weight excluding hydrogens is 314 g/mol. The van der Waals surface area contributed by atoms with Gasteiger partial charge in [-0.05, 0) is 29.4 Å². The number of rotatable bonds is 5. The zero-order chi connectivity index (χ0) is 17.5. The first-order chi connectivity index (χ1) is 12.3. The van der Waals surface area contributed by atoms with Crippen LogP contribution in [0.3, 0.4) is 0 Å². The van der Waals surface area contributed by atoms with Crippen LogP contribution < -0.4 is 4.74 Å². The summed E-state index contributed by atoms with van der Waals surface area (Å²) in [6, 6.07) is 16.8. The summed E-state index contributed by atoms with van der Waals surface area (Å²) in [4.78, 5) is 16.6. The van der Waals surface area contributed by atoms with Crippen molar-refractivity contribution in [2.45, 2.75) is 12.5 Å². The van der Waals surface area contributed by atoms with Crippen LogP contribution in [0.5, 0.6) is 5.75 Å². The summed E-state index contributed by atoms with van der Waals surface area (Å²) in [5.41, 5.74) is 2.86. The summed E-state index contributed by atoms with van der Waals surface area (Å²) in [7, 11) is 1.38. The van der Waals surface area contributed by atoms with Crippen molar-refractivity contribution in [3.8, 4) is 5.75 Å². The van der Waals surface area contributed by atoms with E-state index in [9.17, 15) is 4.79 Å². The van der Waals surface area contributed by atoms with Crippen molar-refractivity contribution in [3.63, 3.8) is 0 Å². The Labute approximate surface area is 147 Å². The molecule has 3 rings (SSSR count). The second kappa shape index (κ2) is 8.11. The van der Waals surface area contributed by atoms with Gasteiger partial charge in [-0.1, -0.05) is 48.5 Å². The molecule has 0 saturated carbocycles. The van der Waals surface area contributed by atoms with Gasteiger partial charge >= 0.3 is 5.97 Å². The normalized spacial score (nSPS) is 14.2. The molecule has 2 aromatic rings. The number of aliphatic imine (C=N–C) groups is 1. The molecule has 1 aliphatic heterocycles. The van der Waals surface area contributed by atoms with Gasteiger partial charge in [-0.15, -0.1) is 0 Å². The van der Waals surface area contributed by atoms with Gasteiger partial charge in [-0.3, -0.25) is 4.99 Å². The molecule has 2 aromatic carbocycles. The minimum atomic E-state index is -0.605. The topological polar surface area (TPSA) is 47.9 Å². The van der Waals surface area contributed by atoms with E-state index in [0.29, 0.717) is 6.42 Å². The minimum Gasteiger partial charge on any atom is -0.467 e. The van der Waals surface area contributed by atoms with Crippen molar-refractivity contribution >= 4 is 18.3 Å². The third-order valence-electron chi connectivity index (χ3n) is 3.84. The second-order valence-electron chi connectivity index (χ2n) is 5.61. The van der Waals surface area contributed by atoms with Crippen LogP contribution in [0.25, 0.3) is 6.08 Å². The molecule has 4 heteroatoms. The lowest BCUT2D eigenvalue weighted by Gasteiger charge is -2.10. The van der Waals surface area contributed by atoms with Crippen LogP contribution in [0.1, 0.15) is 17.5 Å². The Hall–Kier alpha value is -3.14. The Kier molecular flexibility index (Phi) is 5.42. The van der Waals surface area contributed by atoms with Gasteiger partial charge in [0.25, 0.3) is 0 Å². The number of methoxy groups -OCH3 is 1. The molecule has 1 aliphatic rings. The Morgan fingerprint density at radius 1 is 1.16 bits per heavy atom. The fraction of sp³-hybridized carbons (Fsp3) is 0.143. The Bertz CT molecular complexity index is 822. The number of carbonyl (C=O) groups excluding carboxylic acids is 1. The van der Waals surface area contributed by atoms with Gasteiger partial charge < -0.3 is 9.47 Å². The van der Waals surface area contributed by atoms with E-state index in [-0.39, 0.29) is 5.97 Å². The maximum atomic E-state index is 12.1. The maximum Gasteiger partial charge on any atom is 0.330 e. The third kappa shape index (κ3) is 4.44. The highest BCUT2D eigenvalue weighted by Gasteiger charge is 2.19. The van der Waals surface area contributed by atoms with Gasteiger partial charge in [0.15, 0.2) is 6.04 Å². The third-order valence-corrected chi connectivity index (χ3v) is 3.84. The second-order valence-corrected chi connectivity index (χ2v) is 5.61. The molecule has 0 amide bonds. The highest BCUT2D eigenvalue weighted by Crippen LogP contribution is 2.26. The van der Waals surface area contributed by atoms with Crippen LogP contribution in [0, 0.1) is 0 Å². The standard InChI is InChI=1S/C21H19NO3/c1-24-21(23)19(22-15-16-7-3-2-4-8-16)14-17-11-12-25-20-10-6-5-9-18(20)13-17/h2-13,15,19H,14H2,1H3. The van der Waals surface area contributed by atoms with E-state index in [4.69, 9.17) is 9.47 Å². The molecule has 0 N–H and O–H groups in total. The quantitative estimate of drug-likeness (QED) is 0.613. The van der Waals surface area contributed by atoms with Gasteiger partial charge in [-0.2, -0.15) is 0 Å². The average molecular weight is 333 g/mol. The van der Waals surface area contributed by atoms with Crippen LogP contribution in [-0.2, 0) is 9.53 Å². The zero-order valence-electron chi connectivity index (χ0n) is 14.0. The molecule has 1 unspecified atom stereocenters. The Morgan fingerprint density at radius 2 is 1.92 bits per heavy atom. The van der Waals surface area contributed by atoms with Crippen molar-refractivity contribution in [3.05, 3.63) is 83.6 Å². The highest BCUT2D eigenvalue weighted by atomic mass is 16.5. The van der Waals surface area contributed by atoms with E-state index in [2.05, 4.69) is 4.99 Å². The number of carbonyl (C=O) groups is 1. The van der Waals surface area contributed by atoms with Crippen LogP contribution in [0.4, 0.5) is 0 Å². The van der Waals surface area contributed by atoms with Crippen molar-refractivity contribution in [2.75, 3.05) is 7.11 Å². The fourth-order valence-electron chi connectivity index (χ4n) is 2.55. The molecular formula is C21H19NO3. The number of ether oxygens (including phenoxy) is 2. The van der Waals surface area contributed by atoms with E-state index in [1.54, 1.807) is 12.5 Å². The molecule has 0 fully saturated rings. The number of hydrogen-bond donors (Lipinski definition) is 0. The Morgan fingerprint density at radius 3 is 2.72 bits per heavy atom. The average Bonchev–Trinajstić information content (AvgIpc) is 2.87. The first kappa shape index (κ1) is 16.7. The molecule has 0 spiro atoms. The van der Waals surface area contributed by atoms with E-state index in [1.165, 1.54) is 7.11 Å². The summed E-state index contributed by atoms with van der Waals surface area (Å²) in [5, 5.41) is 0. The number of nitrogens with zero attached hydrogens (tertiary/aromatic N) is 1. The van der Waals surface area contributed by atoms with Crippen LogP contribution in [-0.4, -0.2) is 25.3 Å². The van der Waals surface area contributed by atoms with E-state index >= 15 is 0 Å². The molecule has 0 aliphatic carbocycles. The number of esters is 1. The molecule has 1 atom stereocenters. The Balaban J connectivity index is 1.82. The van der Waals surface area contributed by atoms with Gasteiger partial charge in [-0.25, -0.2) is 4.79 Å². The van der Waals surface area contributed by atoms with E-state index in [0.717, 1.165) is 22.4 Å². The fourth-order valence-corrected chi connectivity index (χ4v) is 2.55. The number of allylic oxidation sites excluding steroid dienone is 1. The van der Waals surface area contributed by atoms with Crippen LogP contribution >= 0.6 is 0 Å². The van der Waals surface area contributed by atoms with Crippen molar-refractivity contribution in [2.24, 2.45) is 4.99 Å². The summed E-state index contributed by atoms with van der Waals surface area (Å²) in [6.45, 7) is 0. The molecule has 25 heavy (non-hydrogen) atoms. The summed E-state index contributed by atoms with van der Waals surface area (Å²) in [5.74, 6) is 0.427. The van der Waals surface area contributed by atoms with Crippen LogP contribution in [0.15, 0.2) is 77.5 Å². The largest absolute Gasteiger partial charge is 0.467 e. The van der Waals surface area contributed by atoms with Gasteiger partial charge in [0.05, 0.1) is 13.4 Å². The molecule has 126 valence electrons. The van der Waals surface area contributed by atoms with Crippen molar-refractivity contribution < 1.29 is 14.3 Å². The van der Waals surface area contributed by atoms with Gasteiger partial charge in [0.2, 0.25) is 0 Å². The SMILES string of the molecule is COC(=O)C(CC1=Cc2ccccc2OC=C1)N=Cc1ccccc1. The zero-order valence-corrected chi connectivity index (χ0v) is 14.0. The monoisotopic (exact) mass is 333 g/mol. The highest BCUT2D eigenvalue weighted by molar-refractivity contribution is 5.84. The number of benzene rings is 2. The van der Waals surface area contributed by atoms with Crippen molar-refractivity contribution in [1.82, 2.24) is 0 Å². The minimum absolute atomic E-state index is 0.361. The lowest BCUT2D eigenvalue weighted by atomic mass is 10.0. The molecule has 4 nitrogen and oxygen atoms in total. The predicted molar refractivity (Wildman–Crippen MR) is 98.6 cm³/mol. The molecule has 0 bridgehead atoms. The van der Waals surface area contributed by atoms with E-state index in [1.807, 2.05) is 66.7 Å². The van der Waals surface area contributed by atoms with Gasteiger partial charge in [0, 0.05) is 18.2 Å². The molecule has 1 heterocycles. The first-order valence-electron chi connectivity index (χ1n) is 8.05. The summed E-state index contributed by atoms with van der Waals surface area (Å²) < 4.78 is 10.5. The molecule has 0 saturated heterocycles. The smallest absolute Gasteiger partial charge is 0.330 e.